The minimum atomic E-state index is -1.46. The molecular weight excluding hydrogens is 437 g/mol. The number of pyridine rings is 1. The number of fused-ring (bicyclic) bond motifs is 1. The number of nitrogens with zero attached hydrogens (tertiary/aromatic N) is 3. The van der Waals surface area contributed by atoms with Gasteiger partial charge < -0.3 is 16.2 Å². The molecule has 0 bridgehead atoms. The SMILES string of the molecule is CC(C)(F)CCC(CC(O)C(Cc1cccnc1)NC(=O)c1cnc2ccccc2n1)C(N)=O. The van der Waals surface area contributed by atoms with Crippen LogP contribution in [0.3, 0.4) is 0 Å². The van der Waals surface area contributed by atoms with Gasteiger partial charge in [0.05, 0.1) is 29.4 Å². The number of carbonyl (C=O) groups excluding carboxylic acids is 2. The summed E-state index contributed by atoms with van der Waals surface area (Å²) in [6, 6.07) is 10.0. The second kappa shape index (κ2) is 11.1. The zero-order valence-corrected chi connectivity index (χ0v) is 19.3. The third-order valence-electron chi connectivity index (χ3n) is 5.66. The van der Waals surface area contributed by atoms with Crippen molar-refractivity contribution in [2.75, 3.05) is 0 Å². The van der Waals surface area contributed by atoms with Gasteiger partial charge in [-0.15, -0.1) is 0 Å². The second-order valence-electron chi connectivity index (χ2n) is 9.05. The van der Waals surface area contributed by atoms with E-state index in [9.17, 15) is 19.1 Å². The highest BCUT2D eigenvalue weighted by atomic mass is 19.1. The van der Waals surface area contributed by atoms with E-state index in [1.807, 2.05) is 12.1 Å². The Morgan fingerprint density at radius 2 is 1.88 bits per heavy atom. The van der Waals surface area contributed by atoms with Gasteiger partial charge in [0.15, 0.2) is 0 Å². The lowest BCUT2D eigenvalue weighted by molar-refractivity contribution is -0.123. The first-order valence-electron chi connectivity index (χ1n) is 11.2. The molecule has 0 spiro atoms. The van der Waals surface area contributed by atoms with E-state index in [4.69, 9.17) is 5.73 Å². The average molecular weight is 468 g/mol. The summed E-state index contributed by atoms with van der Waals surface area (Å²) in [4.78, 5) is 37.7. The Morgan fingerprint density at radius 1 is 1.15 bits per heavy atom. The lowest BCUT2D eigenvalue weighted by Gasteiger charge is -2.27. The van der Waals surface area contributed by atoms with Gasteiger partial charge in [-0.2, -0.15) is 0 Å². The Morgan fingerprint density at radius 3 is 2.53 bits per heavy atom. The fourth-order valence-corrected chi connectivity index (χ4v) is 3.71. The average Bonchev–Trinajstić information content (AvgIpc) is 2.80. The van der Waals surface area contributed by atoms with Crippen LogP contribution in [0.25, 0.3) is 11.0 Å². The fourth-order valence-electron chi connectivity index (χ4n) is 3.71. The van der Waals surface area contributed by atoms with Gasteiger partial charge in [0.25, 0.3) is 5.91 Å². The monoisotopic (exact) mass is 467 g/mol. The minimum absolute atomic E-state index is 0.0139. The largest absolute Gasteiger partial charge is 0.391 e. The molecule has 9 heteroatoms. The van der Waals surface area contributed by atoms with E-state index < -0.39 is 35.5 Å². The molecule has 0 saturated carbocycles. The number of nitrogens with two attached hydrogens (primary N) is 1. The summed E-state index contributed by atoms with van der Waals surface area (Å²) < 4.78 is 14.0. The topological polar surface area (TPSA) is 131 Å². The number of halogens is 1. The number of carbonyl (C=O) groups is 2. The molecule has 3 atom stereocenters. The summed E-state index contributed by atoms with van der Waals surface area (Å²) in [5.74, 6) is -1.86. The van der Waals surface area contributed by atoms with E-state index >= 15 is 0 Å². The number of hydrogen-bond donors (Lipinski definition) is 3. The van der Waals surface area contributed by atoms with Gasteiger partial charge in [0.1, 0.15) is 11.4 Å². The first kappa shape index (κ1) is 25.2. The summed E-state index contributed by atoms with van der Waals surface area (Å²) in [6.07, 6.45) is 4.10. The predicted octanol–water partition coefficient (Wildman–Crippen LogP) is 2.75. The second-order valence-corrected chi connectivity index (χ2v) is 9.05. The molecule has 34 heavy (non-hydrogen) atoms. The van der Waals surface area contributed by atoms with Crippen molar-refractivity contribution in [2.24, 2.45) is 11.7 Å². The van der Waals surface area contributed by atoms with Gasteiger partial charge in [0, 0.05) is 18.3 Å². The standard InChI is InChI=1S/C25H30FN5O3/c1-25(2,26)10-9-17(23(27)33)13-22(32)20(12-16-6-5-11-28-14-16)31-24(34)21-15-29-18-7-3-4-8-19(18)30-21/h3-8,11,14-15,17,20,22,32H,9-10,12-13H2,1-2H3,(H2,27,33)(H,31,34). The van der Waals surface area contributed by atoms with E-state index in [0.29, 0.717) is 11.0 Å². The lowest BCUT2D eigenvalue weighted by atomic mass is 9.88. The van der Waals surface area contributed by atoms with Gasteiger partial charge in [-0.1, -0.05) is 18.2 Å². The van der Waals surface area contributed by atoms with E-state index in [1.54, 1.807) is 36.7 Å². The number of benzene rings is 1. The van der Waals surface area contributed by atoms with Crippen molar-refractivity contribution in [1.29, 1.82) is 0 Å². The Balaban J connectivity index is 1.78. The molecule has 3 unspecified atom stereocenters. The molecule has 8 nitrogen and oxygen atoms in total. The molecule has 0 aliphatic carbocycles. The van der Waals surface area contributed by atoms with Crippen LogP contribution in [0.2, 0.25) is 0 Å². The Hall–Kier alpha value is -3.46. The van der Waals surface area contributed by atoms with Crippen LogP contribution in [-0.4, -0.2) is 49.7 Å². The molecule has 3 aromatic rings. The molecule has 0 saturated heterocycles. The van der Waals surface area contributed by atoms with E-state index in [-0.39, 0.29) is 31.4 Å². The Kier molecular flexibility index (Phi) is 8.22. The molecule has 180 valence electrons. The minimum Gasteiger partial charge on any atom is -0.391 e. The Labute approximate surface area is 197 Å². The predicted molar refractivity (Wildman–Crippen MR) is 126 cm³/mol. The van der Waals surface area contributed by atoms with Crippen molar-refractivity contribution in [1.82, 2.24) is 20.3 Å². The number of nitrogens with one attached hydrogen (secondary N) is 1. The van der Waals surface area contributed by atoms with Crippen LogP contribution in [-0.2, 0) is 11.2 Å². The molecule has 0 aliphatic rings. The first-order valence-corrected chi connectivity index (χ1v) is 11.2. The van der Waals surface area contributed by atoms with Crippen LogP contribution in [0.1, 0.15) is 49.2 Å². The highest BCUT2D eigenvalue weighted by Crippen LogP contribution is 2.24. The van der Waals surface area contributed by atoms with Crippen LogP contribution >= 0.6 is 0 Å². The van der Waals surface area contributed by atoms with Crippen molar-refractivity contribution in [3.05, 3.63) is 66.2 Å². The van der Waals surface area contributed by atoms with Crippen LogP contribution in [0.15, 0.2) is 55.0 Å². The summed E-state index contributed by atoms with van der Waals surface area (Å²) in [6.45, 7) is 2.86. The van der Waals surface area contributed by atoms with Gasteiger partial charge in [-0.3, -0.25) is 19.6 Å². The molecule has 2 aromatic heterocycles. The lowest BCUT2D eigenvalue weighted by Crippen LogP contribution is -2.46. The fraction of sp³-hybridized carbons (Fsp3) is 0.400. The van der Waals surface area contributed by atoms with Gasteiger partial charge >= 0.3 is 0 Å². The van der Waals surface area contributed by atoms with Crippen molar-refractivity contribution in [3.63, 3.8) is 0 Å². The molecule has 4 N–H and O–H groups in total. The molecule has 0 fully saturated rings. The third-order valence-corrected chi connectivity index (χ3v) is 5.66. The van der Waals surface area contributed by atoms with Crippen molar-refractivity contribution in [3.8, 4) is 0 Å². The normalized spacial score (nSPS) is 14.4. The summed E-state index contributed by atoms with van der Waals surface area (Å²) >= 11 is 0. The maximum absolute atomic E-state index is 14.0. The van der Waals surface area contributed by atoms with Crippen LogP contribution in [0.4, 0.5) is 4.39 Å². The molecule has 2 heterocycles. The van der Waals surface area contributed by atoms with E-state index in [0.717, 1.165) is 5.56 Å². The smallest absolute Gasteiger partial charge is 0.271 e. The van der Waals surface area contributed by atoms with E-state index in [1.165, 1.54) is 20.0 Å². The number of primary amides is 1. The maximum Gasteiger partial charge on any atom is 0.271 e. The highest BCUT2D eigenvalue weighted by molar-refractivity contribution is 5.94. The molecule has 2 amide bonds. The summed E-state index contributed by atoms with van der Waals surface area (Å²) in [5.41, 5.74) is 6.19. The van der Waals surface area contributed by atoms with Crippen molar-refractivity contribution >= 4 is 22.8 Å². The zero-order chi connectivity index (χ0) is 24.7. The summed E-state index contributed by atoms with van der Waals surface area (Å²) in [5, 5.41) is 13.8. The zero-order valence-electron chi connectivity index (χ0n) is 19.3. The van der Waals surface area contributed by atoms with Gasteiger partial charge in [-0.05, 0) is 63.3 Å². The van der Waals surface area contributed by atoms with Gasteiger partial charge in [0.2, 0.25) is 5.91 Å². The van der Waals surface area contributed by atoms with Crippen molar-refractivity contribution < 1.29 is 19.1 Å². The summed E-state index contributed by atoms with van der Waals surface area (Å²) in [7, 11) is 0. The highest BCUT2D eigenvalue weighted by Gasteiger charge is 2.29. The number of aliphatic hydroxyl groups is 1. The van der Waals surface area contributed by atoms with Crippen LogP contribution in [0, 0.1) is 5.92 Å². The maximum atomic E-state index is 14.0. The number of aliphatic hydroxyl groups excluding tert-OH is 1. The van der Waals surface area contributed by atoms with Crippen LogP contribution < -0.4 is 11.1 Å². The number of rotatable bonds is 11. The first-order chi connectivity index (χ1) is 16.1. The van der Waals surface area contributed by atoms with Crippen molar-refractivity contribution in [2.45, 2.75) is 57.3 Å². The number of alkyl halides is 1. The molecular formula is C25H30FN5O3. The molecule has 3 rings (SSSR count). The molecule has 0 radical (unpaired) electrons. The number of para-hydroxylation sites is 2. The molecule has 0 aliphatic heterocycles. The Bertz CT molecular complexity index is 1120. The third kappa shape index (κ3) is 7.28. The van der Waals surface area contributed by atoms with Gasteiger partial charge in [-0.25, -0.2) is 9.37 Å². The van der Waals surface area contributed by atoms with Crippen LogP contribution in [0.5, 0.6) is 0 Å². The quantitative estimate of drug-likeness (QED) is 0.397. The number of hydrogen-bond acceptors (Lipinski definition) is 6. The number of amides is 2. The molecule has 1 aromatic carbocycles. The number of aromatic nitrogens is 3. The van der Waals surface area contributed by atoms with E-state index in [2.05, 4.69) is 20.3 Å².